The number of hydrogen-bond donors (Lipinski definition) is 1. The molecule has 1 aromatic heterocycles. The number of hydrogen-bond acceptors (Lipinski definition) is 4. The zero-order valence-electron chi connectivity index (χ0n) is 12.6. The molecule has 3 nitrogen and oxygen atoms in total. The molecule has 2 aromatic rings. The Hall–Kier alpha value is -1.55. The number of benzene rings is 1. The van der Waals surface area contributed by atoms with E-state index in [1.165, 1.54) is 5.56 Å². The van der Waals surface area contributed by atoms with Crippen LogP contribution in [0.3, 0.4) is 0 Å². The molecule has 2 N–H and O–H groups in total. The van der Waals surface area contributed by atoms with Crippen molar-refractivity contribution in [3.8, 4) is 5.75 Å². The second-order valence-electron chi connectivity index (χ2n) is 5.89. The van der Waals surface area contributed by atoms with E-state index in [1.807, 2.05) is 18.2 Å². The fraction of sp³-hybridized carbons (Fsp3) is 0.438. The lowest BCUT2D eigenvalue weighted by molar-refractivity contribution is 0.306. The topological polar surface area (TPSA) is 48.1 Å². The molecule has 0 bridgehead atoms. The van der Waals surface area contributed by atoms with E-state index >= 15 is 0 Å². The molecule has 0 atom stereocenters. The summed E-state index contributed by atoms with van der Waals surface area (Å²) < 4.78 is 5.77. The van der Waals surface area contributed by atoms with Crippen LogP contribution < -0.4 is 10.5 Å². The fourth-order valence-corrected chi connectivity index (χ4v) is 2.74. The van der Waals surface area contributed by atoms with Crippen LogP contribution in [-0.2, 0) is 18.4 Å². The highest BCUT2D eigenvalue weighted by atomic mass is 32.1. The summed E-state index contributed by atoms with van der Waals surface area (Å²) in [6, 6.07) is 5.96. The Morgan fingerprint density at radius 1 is 1.30 bits per heavy atom. The van der Waals surface area contributed by atoms with Crippen molar-refractivity contribution in [2.45, 2.75) is 46.1 Å². The normalized spacial score (nSPS) is 11.6. The molecule has 0 aliphatic heterocycles. The van der Waals surface area contributed by atoms with Gasteiger partial charge in [0.1, 0.15) is 17.4 Å². The van der Waals surface area contributed by atoms with Gasteiger partial charge in [0.05, 0.1) is 11.4 Å². The van der Waals surface area contributed by atoms with Crippen molar-refractivity contribution in [2.24, 2.45) is 0 Å². The van der Waals surface area contributed by atoms with Gasteiger partial charge in [0, 0.05) is 10.8 Å². The van der Waals surface area contributed by atoms with Crippen LogP contribution in [0.1, 0.15) is 44.0 Å². The van der Waals surface area contributed by atoms with Crippen molar-refractivity contribution in [1.29, 1.82) is 0 Å². The van der Waals surface area contributed by atoms with E-state index in [0.29, 0.717) is 12.3 Å². The second-order valence-corrected chi connectivity index (χ2v) is 6.83. The molecule has 0 saturated heterocycles. The molecule has 108 valence electrons. The van der Waals surface area contributed by atoms with Crippen molar-refractivity contribution >= 4 is 17.0 Å². The van der Waals surface area contributed by atoms with Crippen molar-refractivity contribution < 1.29 is 4.74 Å². The van der Waals surface area contributed by atoms with E-state index in [2.05, 4.69) is 38.1 Å². The van der Waals surface area contributed by atoms with Crippen LogP contribution in [0.2, 0.25) is 0 Å². The van der Waals surface area contributed by atoms with Gasteiger partial charge in [-0.05, 0) is 24.1 Å². The van der Waals surface area contributed by atoms with E-state index in [1.54, 1.807) is 11.3 Å². The third-order valence-corrected chi connectivity index (χ3v) is 3.98. The van der Waals surface area contributed by atoms with E-state index < -0.39 is 0 Å². The molecular formula is C16H22N2OS. The monoisotopic (exact) mass is 290 g/mol. The van der Waals surface area contributed by atoms with Crippen LogP contribution in [0.25, 0.3) is 0 Å². The minimum atomic E-state index is 0.0799. The maximum atomic E-state index is 5.99. The molecule has 1 aromatic carbocycles. The first-order valence-electron chi connectivity index (χ1n) is 6.86. The highest BCUT2D eigenvalue weighted by Gasteiger charge is 2.17. The molecule has 0 aliphatic rings. The van der Waals surface area contributed by atoms with Gasteiger partial charge in [-0.25, -0.2) is 4.98 Å². The van der Waals surface area contributed by atoms with Gasteiger partial charge in [0.2, 0.25) is 0 Å². The Morgan fingerprint density at radius 3 is 2.60 bits per heavy atom. The molecule has 0 unspecified atom stereocenters. The van der Waals surface area contributed by atoms with Crippen molar-refractivity contribution in [3.63, 3.8) is 0 Å². The van der Waals surface area contributed by atoms with Crippen LogP contribution in [0.5, 0.6) is 5.75 Å². The van der Waals surface area contributed by atoms with E-state index in [0.717, 1.165) is 22.9 Å². The van der Waals surface area contributed by atoms with Crippen LogP contribution >= 0.6 is 11.3 Å². The van der Waals surface area contributed by atoms with Gasteiger partial charge in [0.25, 0.3) is 0 Å². The Morgan fingerprint density at radius 2 is 2.05 bits per heavy atom. The number of anilines is 1. The van der Waals surface area contributed by atoms with Gasteiger partial charge in [-0.2, -0.15) is 0 Å². The minimum absolute atomic E-state index is 0.0799. The summed E-state index contributed by atoms with van der Waals surface area (Å²) in [5.74, 6) is 0.731. The van der Waals surface area contributed by atoms with Crippen LogP contribution in [0.4, 0.5) is 5.69 Å². The quantitative estimate of drug-likeness (QED) is 0.860. The average molecular weight is 290 g/mol. The SMILES string of the molecule is CCc1ccc(OCc2nc(C(C)(C)C)cs2)c(N)c1. The highest BCUT2D eigenvalue weighted by Crippen LogP contribution is 2.26. The zero-order valence-corrected chi connectivity index (χ0v) is 13.4. The maximum Gasteiger partial charge on any atom is 0.142 e. The van der Waals surface area contributed by atoms with Gasteiger partial charge >= 0.3 is 0 Å². The number of nitrogens with two attached hydrogens (primary N) is 1. The number of ether oxygens (including phenoxy) is 1. The van der Waals surface area contributed by atoms with Gasteiger partial charge in [0.15, 0.2) is 0 Å². The van der Waals surface area contributed by atoms with Gasteiger partial charge in [-0.3, -0.25) is 0 Å². The Labute approximate surface area is 124 Å². The Bertz CT molecular complexity index is 584. The third-order valence-electron chi connectivity index (χ3n) is 3.15. The molecule has 0 spiro atoms. The van der Waals surface area contributed by atoms with Crippen molar-refractivity contribution in [1.82, 2.24) is 4.98 Å². The second kappa shape index (κ2) is 5.83. The number of nitrogens with zero attached hydrogens (tertiary/aromatic N) is 1. The molecule has 0 saturated carbocycles. The standard InChI is InChI=1S/C16H22N2OS/c1-5-11-6-7-13(12(17)8-11)19-9-15-18-14(10-20-15)16(2,3)4/h6-8,10H,5,9,17H2,1-4H3. The minimum Gasteiger partial charge on any atom is -0.484 e. The van der Waals surface area contributed by atoms with E-state index in [9.17, 15) is 0 Å². The predicted octanol–water partition coefficient (Wildman–Crippen LogP) is 4.16. The molecule has 0 radical (unpaired) electrons. The van der Waals surface area contributed by atoms with E-state index in [4.69, 9.17) is 10.5 Å². The van der Waals surface area contributed by atoms with Crippen molar-refractivity contribution in [2.75, 3.05) is 5.73 Å². The molecule has 0 fully saturated rings. The average Bonchev–Trinajstić information content (AvgIpc) is 2.86. The summed E-state index contributed by atoms with van der Waals surface area (Å²) in [5.41, 5.74) is 9.09. The summed E-state index contributed by atoms with van der Waals surface area (Å²) in [5, 5.41) is 3.08. The molecule has 1 heterocycles. The highest BCUT2D eigenvalue weighted by molar-refractivity contribution is 7.09. The number of aryl methyl sites for hydroxylation is 1. The molecule has 20 heavy (non-hydrogen) atoms. The molecule has 4 heteroatoms. The van der Waals surface area contributed by atoms with E-state index in [-0.39, 0.29) is 5.41 Å². The number of aromatic nitrogens is 1. The van der Waals surface area contributed by atoms with Crippen molar-refractivity contribution in [3.05, 3.63) is 39.8 Å². The van der Waals surface area contributed by atoms with Gasteiger partial charge in [-0.1, -0.05) is 33.8 Å². The van der Waals surface area contributed by atoms with Gasteiger partial charge in [-0.15, -0.1) is 11.3 Å². The lowest BCUT2D eigenvalue weighted by Crippen LogP contribution is -2.11. The molecular weight excluding hydrogens is 268 g/mol. The summed E-state index contributed by atoms with van der Waals surface area (Å²) in [4.78, 5) is 4.61. The summed E-state index contributed by atoms with van der Waals surface area (Å²) in [6.45, 7) is 9.06. The maximum absolute atomic E-state index is 5.99. The molecule has 0 aliphatic carbocycles. The third kappa shape index (κ3) is 3.51. The number of thiazole rings is 1. The summed E-state index contributed by atoms with van der Waals surface area (Å²) in [6.07, 6.45) is 0.978. The van der Waals surface area contributed by atoms with Gasteiger partial charge < -0.3 is 10.5 Å². The Balaban J connectivity index is 2.04. The fourth-order valence-electron chi connectivity index (χ4n) is 1.81. The summed E-state index contributed by atoms with van der Waals surface area (Å²) in [7, 11) is 0. The van der Waals surface area contributed by atoms with Crippen LogP contribution in [-0.4, -0.2) is 4.98 Å². The smallest absolute Gasteiger partial charge is 0.142 e. The molecule has 2 rings (SSSR count). The lowest BCUT2D eigenvalue weighted by Gasteiger charge is -2.14. The number of rotatable bonds is 4. The predicted molar refractivity (Wildman–Crippen MR) is 85.4 cm³/mol. The first-order chi connectivity index (χ1) is 9.40. The summed E-state index contributed by atoms with van der Waals surface area (Å²) >= 11 is 1.63. The number of nitrogen functional groups attached to an aromatic ring is 1. The van der Waals surface area contributed by atoms with Crippen LogP contribution in [0, 0.1) is 0 Å². The van der Waals surface area contributed by atoms with Crippen LogP contribution in [0.15, 0.2) is 23.6 Å². The zero-order chi connectivity index (χ0) is 14.8. The first kappa shape index (κ1) is 14.9. The molecule has 0 amide bonds. The largest absolute Gasteiger partial charge is 0.484 e. The lowest BCUT2D eigenvalue weighted by atomic mass is 9.93. The Kier molecular flexibility index (Phi) is 4.33. The first-order valence-corrected chi connectivity index (χ1v) is 7.74.